The number of primary amides is 1. The van der Waals surface area contributed by atoms with Crippen LogP contribution in [-0.4, -0.2) is 88.3 Å². The van der Waals surface area contributed by atoms with Crippen molar-refractivity contribution in [1.82, 2.24) is 4.90 Å². The van der Waals surface area contributed by atoms with Gasteiger partial charge in [0.1, 0.15) is 0 Å². The van der Waals surface area contributed by atoms with Crippen molar-refractivity contribution < 1.29 is 24.3 Å². The minimum atomic E-state index is -2.21. The fourth-order valence-electron chi connectivity index (χ4n) is 4.99. The van der Waals surface area contributed by atoms with Crippen LogP contribution in [0.15, 0.2) is 18.2 Å². The van der Waals surface area contributed by atoms with Crippen molar-refractivity contribution in [2.75, 3.05) is 25.0 Å². The molecule has 10 heteroatoms. The molecule has 0 heterocycles. The van der Waals surface area contributed by atoms with Crippen molar-refractivity contribution >= 4 is 58.8 Å². The third-order valence-electron chi connectivity index (χ3n) is 7.80. The Morgan fingerprint density at radius 2 is 1.35 bits per heavy atom. The Labute approximate surface area is 282 Å². The number of para-hydroxylation sites is 1. The summed E-state index contributed by atoms with van der Waals surface area (Å²) in [6.07, 6.45) is 10.6. The number of amides is 2. The fraction of sp³-hybridized carbons (Fsp3) is 0.697. The van der Waals surface area contributed by atoms with E-state index < -0.39 is 29.1 Å². The summed E-state index contributed by atoms with van der Waals surface area (Å²) < 4.78 is 0. The molecule has 43 heavy (non-hydrogen) atoms. The molecule has 1 aromatic carbocycles. The zero-order valence-electron chi connectivity index (χ0n) is 27.1. The number of nitrogens with zero attached hydrogens (tertiary/aromatic N) is 1. The summed E-state index contributed by atoms with van der Waals surface area (Å²) in [4.78, 5) is 49.6. The molecule has 0 aliphatic heterocycles. The van der Waals surface area contributed by atoms with Gasteiger partial charge < -0.3 is 21.9 Å². The van der Waals surface area contributed by atoms with Gasteiger partial charge in [-0.2, -0.15) is 0 Å². The molecular weight excluding hydrogens is 555 g/mol. The summed E-state index contributed by atoms with van der Waals surface area (Å²) in [5.74, 6) is -4.00. The molecular formula is C33H59N4NaO5. The summed E-state index contributed by atoms with van der Waals surface area (Å²) in [6, 6.07) is 6.03. The maximum atomic E-state index is 12.4. The van der Waals surface area contributed by atoms with Crippen molar-refractivity contribution in [1.29, 1.82) is 0 Å². The standard InChI is InChI=1S/C19H36N2O4.C14H22N2O.Na.H/c1-3-5-6-7-8-9-10-11-12-14-16(22)19(21,18(24)25)15(13-4-2)17(20)23;1-5-16(6-2)10-13(17)15-14-11(3)8-7-9-12(14)4;;/h15H,3-14,21H2,1-2H3,(H2,20,23)(H,24,25);7-9H,5-6,10H2,1-4H3,(H,15,17);;. The second-order valence-electron chi connectivity index (χ2n) is 11.2. The number of nitrogens with two attached hydrogens (primary N) is 2. The predicted molar refractivity (Wildman–Crippen MR) is 178 cm³/mol. The van der Waals surface area contributed by atoms with Gasteiger partial charge in [0.25, 0.3) is 0 Å². The van der Waals surface area contributed by atoms with Crippen LogP contribution in [0.5, 0.6) is 0 Å². The third kappa shape index (κ3) is 16.2. The van der Waals surface area contributed by atoms with Gasteiger partial charge in [-0.25, -0.2) is 4.79 Å². The number of Topliss-reactive ketones (excluding diaryl/α,β-unsaturated/α-hetero) is 1. The van der Waals surface area contributed by atoms with Crippen LogP contribution in [0.25, 0.3) is 0 Å². The first-order valence-corrected chi connectivity index (χ1v) is 15.8. The molecule has 1 rings (SSSR count). The molecule has 2 atom stereocenters. The van der Waals surface area contributed by atoms with Gasteiger partial charge in [0, 0.05) is 12.1 Å². The van der Waals surface area contributed by atoms with Crippen LogP contribution in [0.1, 0.15) is 116 Å². The minimum absolute atomic E-state index is 0. The molecule has 2 amide bonds. The Kier molecular flexibility index (Phi) is 24.7. The van der Waals surface area contributed by atoms with Crippen LogP contribution in [-0.2, 0) is 19.2 Å². The zero-order chi connectivity index (χ0) is 32.1. The molecule has 0 aliphatic carbocycles. The molecule has 0 spiro atoms. The number of nitrogens with one attached hydrogen (secondary N) is 1. The first-order valence-electron chi connectivity index (χ1n) is 15.8. The second kappa shape index (κ2) is 24.5. The van der Waals surface area contributed by atoms with Crippen LogP contribution >= 0.6 is 0 Å². The normalized spacial score (nSPS) is 12.7. The average Bonchev–Trinajstić information content (AvgIpc) is 2.95. The van der Waals surface area contributed by atoms with E-state index in [0.717, 1.165) is 49.2 Å². The number of ketones is 1. The number of carboxylic acids is 1. The van der Waals surface area contributed by atoms with Crippen molar-refractivity contribution in [2.45, 2.75) is 124 Å². The van der Waals surface area contributed by atoms with E-state index in [1.54, 1.807) is 6.92 Å². The molecule has 0 saturated carbocycles. The molecule has 0 aromatic heterocycles. The van der Waals surface area contributed by atoms with Crippen molar-refractivity contribution in [2.24, 2.45) is 17.4 Å². The van der Waals surface area contributed by atoms with Gasteiger partial charge in [0.2, 0.25) is 11.8 Å². The number of likely N-dealkylation sites (N-methyl/N-ethyl adjacent to an activating group) is 1. The van der Waals surface area contributed by atoms with Gasteiger partial charge >= 0.3 is 35.5 Å². The van der Waals surface area contributed by atoms with Crippen molar-refractivity contribution in [3.8, 4) is 0 Å². The zero-order valence-corrected chi connectivity index (χ0v) is 27.1. The summed E-state index contributed by atoms with van der Waals surface area (Å²) >= 11 is 0. The molecule has 9 nitrogen and oxygen atoms in total. The Morgan fingerprint density at radius 1 is 0.860 bits per heavy atom. The third-order valence-corrected chi connectivity index (χ3v) is 7.80. The average molecular weight is 615 g/mol. The number of carbonyl (C=O) groups excluding carboxylic acids is 3. The van der Waals surface area contributed by atoms with E-state index in [2.05, 4.69) is 31.0 Å². The second-order valence-corrected chi connectivity index (χ2v) is 11.2. The van der Waals surface area contributed by atoms with Crippen LogP contribution in [0.3, 0.4) is 0 Å². The topological polar surface area (TPSA) is 156 Å². The van der Waals surface area contributed by atoms with Gasteiger partial charge in [-0.15, -0.1) is 0 Å². The molecule has 6 N–H and O–H groups in total. The van der Waals surface area contributed by atoms with Gasteiger partial charge in [-0.3, -0.25) is 19.3 Å². The van der Waals surface area contributed by atoms with Crippen LogP contribution in [0.4, 0.5) is 5.69 Å². The molecule has 0 aliphatic rings. The van der Waals surface area contributed by atoms with Crippen LogP contribution < -0.4 is 16.8 Å². The van der Waals surface area contributed by atoms with Crippen LogP contribution in [0.2, 0.25) is 0 Å². The Bertz CT molecular complexity index is 950. The van der Waals surface area contributed by atoms with Gasteiger partial charge in [0.05, 0.1) is 12.5 Å². The Hall–Kier alpha value is -1.78. The molecule has 242 valence electrons. The van der Waals surface area contributed by atoms with E-state index in [-0.39, 0.29) is 48.3 Å². The number of carbonyl (C=O) groups is 4. The summed E-state index contributed by atoms with van der Waals surface area (Å²) in [5.41, 5.74) is 12.1. The maximum absolute atomic E-state index is 12.4. The predicted octanol–water partition coefficient (Wildman–Crippen LogP) is 5.10. The molecule has 0 saturated heterocycles. The molecule has 0 fully saturated rings. The number of unbranched alkanes of at least 4 members (excludes halogenated alkanes) is 8. The number of benzene rings is 1. The number of anilines is 1. The number of carboxylic acid groups (broad SMARTS) is 1. The van der Waals surface area contributed by atoms with E-state index >= 15 is 0 Å². The molecule has 2 unspecified atom stereocenters. The number of aliphatic carboxylic acids is 1. The van der Waals surface area contributed by atoms with Gasteiger partial charge in [-0.1, -0.05) is 104 Å². The molecule has 0 bridgehead atoms. The Balaban J connectivity index is 0. The van der Waals surface area contributed by atoms with Crippen LogP contribution in [0, 0.1) is 19.8 Å². The van der Waals surface area contributed by atoms with Gasteiger partial charge in [0.15, 0.2) is 11.3 Å². The summed E-state index contributed by atoms with van der Waals surface area (Å²) in [5, 5.41) is 12.4. The Morgan fingerprint density at radius 3 is 1.77 bits per heavy atom. The van der Waals surface area contributed by atoms with E-state index in [9.17, 15) is 24.3 Å². The number of hydrogen-bond donors (Lipinski definition) is 4. The van der Waals surface area contributed by atoms with Crippen molar-refractivity contribution in [3.05, 3.63) is 29.3 Å². The number of aryl methyl sites for hydroxylation is 2. The van der Waals surface area contributed by atoms with E-state index in [1.807, 2.05) is 32.0 Å². The van der Waals surface area contributed by atoms with Crippen molar-refractivity contribution in [3.63, 3.8) is 0 Å². The number of hydrogen-bond acceptors (Lipinski definition) is 6. The fourth-order valence-corrected chi connectivity index (χ4v) is 4.99. The van der Waals surface area contributed by atoms with E-state index in [4.69, 9.17) is 11.5 Å². The first kappa shape index (κ1) is 43.3. The van der Waals surface area contributed by atoms with E-state index in [1.165, 1.54) is 32.1 Å². The first-order chi connectivity index (χ1) is 19.9. The van der Waals surface area contributed by atoms with E-state index in [0.29, 0.717) is 19.4 Å². The molecule has 0 radical (unpaired) electrons. The summed E-state index contributed by atoms with van der Waals surface area (Å²) in [7, 11) is 0. The molecule has 1 aromatic rings. The number of rotatable bonds is 21. The summed E-state index contributed by atoms with van der Waals surface area (Å²) in [6.45, 7) is 14.4. The quantitative estimate of drug-likeness (QED) is 0.0853. The SMILES string of the molecule is CCCCCCCCCCCC(=O)C(N)(C(=O)O)C(CCC)C(N)=O.CCN(CC)CC(=O)Nc1c(C)cccc1C.[NaH]. The monoisotopic (exact) mass is 614 g/mol. The van der Waals surface area contributed by atoms with Gasteiger partial charge in [-0.05, 0) is 50.9 Å².